The lowest BCUT2D eigenvalue weighted by molar-refractivity contribution is 0.281. The summed E-state index contributed by atoms with van der Waals surface area (Å²) < 4.78 is 1.07. The van der Waals surface area contributed by atoms with Crippen molar-refractivity contribution < 1.29 is 0 Å². The third-order valence-electron chi connectivity index (χ3n) is 3.52. The van der Waals surface area contributed by atoms with Crippen molar-refractivity contribution in [1.29, 1.82) is 0 Å². The van der Waals surface area contributed by atoms with Crippen LogP contribution >= 0.6 is 15.9 Å². The number of aromatic nitrogens is 1. The zero-order chi connectivity index (χ0) is 11.4. The summed E-state index contributed by atoms with van der Waals surface area (Å²) in [6.07, 6.45) is 10.7. The van der Waals surface area contributed by atoms with Crippen LogP contribution in [0.25, 0.3) is 0 Å². The van der Waals surface area contributed by atoms with Gasteiger partial charge in [-0.2, -0.15) is 0 Å². The summed E-state index contributed by atoms with van der Waals surface area (Å²) in [7, 11) is 2.06. The molecule has 1 atom stereocenters. The quantitative estimate of drug-likeness (QED) is 0.915. The fourth-order valence-corrected chi connectivity index (χ4v) is 3.12. The van der Waals surface area contributed by atoms with E-state index in [1.54, 1.807) is 0 Å². The first-order valence-corrected chi connectivity index (χ1v) is 6.88. The molecule has 3 heteroatoms. The minimum Gasteiger partial charge on any atom is -0.313 e. The van der Waals surface area contributed by atoms with Crippen molar-refractivity contribution >= 4 is 15.9 Å². The second-order valence-corrected chi connectivity index (χ2v) is 5.52. The molecule has 0 spiro atoms. The number of pyridine rings is 1. The van der Waals surface area contributed by atoms with Crippen LogP contribution in [0.5, 0.6) is 0 Å². The Balaban J connectivity index is 2.14. The van der Waals surface area contributed by atoms with E-state index >= 15 is 0 Å². The summed E-state index contributed by atoms with van der Waals surface area (Å²) in [5.41, 5.74) is 1.31. The van der Waals surface area contributed by atoms with Gasteiger partial charge in [0, 0.05) is 22.9 Å². The molecule has 1 aliphatic carbocycles. The molecule has 0 radical (unpaired) electrons. The van der Waals surface area contributed by atoms with Gasteiger partial charge in [0.1, 0.15) is 0 Å². The summed E-state index contributed by atoms with van der Waals surface area (Å²) in [6, 6.07) is 2.65. The van der Waals surface area contributed by atoms with Crippen LogP contribution in [-0.4, -0.2) is 12.0 Å². The Labute approximate surface area is 106 Å². The molecule has 2 nitrogen and oxygen atoms in total. The lowest BCUT2D eigenvalue weighted by Crippen LogP contribution is -2.27. The lowest BCUT2D eigenvalue weighted by Gasteiger charge is -2.30. The van der Waals surface area contributed by atoms with E-state index in [9.17, 15) is 0 Å². The fraction of sp³-hybridized carbons (Fsp3) is 0.615. The molecule has 1 aromatic rings. The van der Waals surface area contributed by atoms with E-state index in [0.717, 1.165) is 10.4 Å². The van der Waals surface area contributed by atoms with Crippen molar-refractivity contribution in [1.82, 2.24) is 10.3 Å². The largest absolute Gasteiger partial charge is 0.313 e. The van der Waals surface area contributed by atoms with E-state index in [0.29, 0.717) is 6.04 Å². The normalized spacial score (nSPS) is 19.6. The van der Waals surface area contributed by atoms with Crippen molar-refractivity contribution in [2.75, 3.05) is 7.05 Å². The average Bonchev–Trinajstić information content (AvgIpc) is 2.31. The van der Waals surface area contributed by atoms with Crippen LogP contribution in [0.15, 0.2) is 22.9 Å². The van der Waals surface area contributed by atoms with Gasteiger partial charge in [-0.3, -0.25) is 4.98 Å². The van der Waals surface area contributed by atoms with Crippen LogP contribution in [0.1, 0.15) is 43.7 Å². The van der Waals surface area contributed by atoms with E-state index in [2.05, 4.69) is 39.3 Å². The first-order valence-electron chi connectivity index (χ1n) is 6.09. The predicted molar refractivity (Wildman–Crippen MR) is 70.3 cm³/mol. The molecular formula is C13H19BrN2. The number of hydrogen-bond acceptors (Lipinski definition) is 2. The highest BCUT2D eigenvalue weighted by molar-refractivity contribution is 9.10. The second-order valence-electron chi connectivity index (χ2n) is 4.60. The van der Waals surface area contributed by atoms with E-state index in [-0.39, 0.29) is 0 Å². The van der Waals surface area contributed by atoms with Gasteiger partial charge >= 0.3 is 0 Å². The van der Waals surface area contributed by atoms with Crippen LogP contribution < -0.4 is 5.32 Å². The first kappa shape index (κ1) is 12.1. The van der Waals surface area contributed by atoms with Gasteiger partial charge < -0.3 is 5.32 Å². The van der Waals surface area contributed by atoms with Gasteiger partial charge in [-0.05, 0) is 53.4 Å². The van der Waals surface area contributed by atoms with Gasteiger partial charge in [0.05, 0.1) is 0 Å². The Morgan fingerprint density at radius 3 is 2.69 bits per heavy atom. The molecule has 2 rings (SSSR count). The third kappa shape index (κ3) is 2.83. The van der Waals surface area contributed by atoms with E-state index < -0.39 is 0 Å². The van der Waals surface area contributed by atoms with Crippen molar-refractivity contribution in [3.8, 4) is 0 Å². The highest BCUT2D eigenvalue weighted by Gasteiger charge is 2.23. The first-order chi connectivity index (χ1) is 7.81. The van der Waals surface area contributed by atoms with Gasteiger partial charge in [-0.25, -0.2) is 0 Å². The molecule has 0 aliphatic heterocycles. The summed E-state index contributed by atoms with van der Waals surface area (Å²) in [5.74, 6) is 0.773. The minimum atomic E-state index is 0.463. The van der Waals surface area contributed by atoms with Crippen LogP contribution in [0.4, 0.5) is 0 Å². The molecule has 0 bridgehead atoms. The maximum atomic E-state index is 4.26. The summed E-state index contributed by atoms with van der Waals surface area (Å²) in [5, 5.41) is 3.45. The zero-order valence-corrected chi connectivity index (χ0v) is 11.3. The van der Waals surface area contributed by atoms with Crippen molar-refractivity contribution in [3.05, 3.63) is 28.5 Å². The van der Waals surface area contributed by atoms with Crippen LogP contribution in [-0.2, 0) is 0 Å². The van der Waals surface area contributed by atoms with E-state index in [1.807, 2.05) is 12.4 Å². The molecule has 1 heterocycles. The molecule has 1 aliphatic rings. The van der Waals surface area contributed by atoms with Crippen molar-refractivity contribution in [2.24, 2.45) is 5.92 Å². The molecule has 1 unspecified atom stereocenters. The Kier molecular flexibility index (Phi) is 4.36. The second kappa shape index (κ2) is 5.78. The molecule has 16 heavy (non-hydrogen) atoms. The molecule has 1 fully saturated rings. The Bertz CT molecular complexity index is 334. The van der Waals surface area contributed by atoms with Crippen LogP contribution in [0.2, 0.25) is 0 Å². The summed E-state index contributed by atoms with van der Waals surface area (Å²) >= 11 is 3.49. The number of hydrogen-bond donors (Lipinski definition) is 1. The maximum absolute atomic E-state index is 4.26. The highest BCUT2D eigenvalue weighted by atomic mass is 79.9. The molecular weight excluding hydrogens is 264 g/mol. The molecule has 0 aromatic carbocycles. The standard InChI is InChI=1S/C13H19BrN2/c1-15-13(10-5-3-2-4-6-10)11-7-12(14)9-16-8-11/h7-10,13,15H,2-6H2,1H3. The van der Waals surface area contributed by atoms with E-state index in [1.165, 1.54) is 37.7 Å². The van der Waals surface area contributed by atoms with Gasteiger partial charge in [0.25, 0.3) is 0 Å². The smallest absolute Gasteiger partial charge is 0.0410 e. The Morgan fingerprint density at radius 1 is 1.31 bits per heavy atom. The van der Waals surface area contributed by atoms with Gasteiger partial charge in [0.15, 0.2) is 0 Å². The summed E-state index contributed by atoms with van der Waals surface area (Å²) in [4.78, 5) is 4.26. The lowest BCUT2D eigenvalue weighted by atomic mass is 9.81. The molecule has 1 aromatic heterocycles. The zero-order valence-electron chi connectivity index (χ0n) is 9.75. The van der Waals surface area contributed by atoms with Gasteiger partial charge in [-0.1, -0.05) is 19.3 Å². The Morgan fingerprint density at radius 2 is 2.06 bits per heavy atom. The van der Waals surface area contributed by atoms with Gasteiger partial charge in [0.2, 0.25) is 0 Å². The number of nitrogens with zero attached hydrogens (tertiary/aromatic N) is 1. The molecule has 1 N–H and O–H groups in total. The van der Waals surface area contributed by atoms with Crippen LogP contribution in [0, 0.1) is 5.92 Å². The van der Waals surface area contributed by atoms with Crippen molar-refractivity contribution in [3.63, 3.8) is 0 Å². The summed E-state index contributed by atoms with van der Waals surface area (Å²) in [6.45, 7) is 0. The molecule has 0 amide bonds. The minimum absolute atomic E-state index is 0.463. The SMILES string of the molecule is CNC(c1cncc(Br)c1)C1CCCCC1. The number of nitrogens with one attached hydrogen (secondary N) is 1. The molecule has 88 valence electrons. The predicted octanol–water partition coefficient (Wildman–Crippen LogP) is 3.68. The van der Waals surface area contributed by atoms with Gasteiger partial charge in [-0.15, -0.1) is 0 Å². The maximum Gasteiger partial charge on any atom is 0.0410 e. The topological polar surface area (TPSA) is 24.9 Å². The average molecular weight is 283 g/mol. The number of rotatable bonds is 3. The fourth-order valence-electron chi connectivity index (χ4n) is 2.74. The highest BCUT2D eigenvalue weighted by Crippen LogP contribution is 2.34. The van der Waals surface area contributed by atoms with E-state index in [4.69, 9.17) is 0 Å². The Hall–Kier alpha value is -0.410. The molecule has 1 saturated carbocycles. The number of halogens is 1. The monoisotopic (exact) mass is 282 g/mol. The molecule has 0 saturated heterocycles. The van der Waals surface area contributed by atoms with Crippen LogP contribution in [0.3, 0.4) is 0 Å². The van der Waals surface area contributed by atoms with Crippen molar-refractivity contribution in [2.45, 2.75) is 38.1 Å². The third-order valence-corrected chi connectivity index (χ3v) is 3.95.